The number of likely N-dealkylation sites (tertiary alicyclic amines) is 2. The Labute approximate surface area is 340 Å². The van der Waals surface area contributed by atoms with Crippen LogP contribution in [0.15, 0.2) is 0 Å². The summed E-state index contributed by atoms with van der Waals surface area (Å²) in [5.41, 5.74) is 0. The first kappa shape index (κ1) is 51.7. The second-order valence-corrected chi connectivity index (χ2v) is 19.4. The maximum atomic E-state index is 5.25. The third kappa shape index (κ3) is 24.5. The molecule has 0 bridgehead atoms. The van der Waals surface area contributed by atoms with E-state index in [0.717, 1.165) is 87.1 Å². The molecule has 5 saturated heterocycles. The summed E-state index contributed by atoms with van der Waals surface area (Å²) in [4.78, 5) is 12.3. The van der Waals surface area contributed by atoms with Crippen molar-refractivity contribution < 1.29 is 9.47 Å². The Morgan fingerprint density at radius 1 is 0.333 bits per heavy atom. The van der Waals surface area contributed by atoms with Gasteiger partial charge >= 0.3 is 0 Å². The molecule has 0 aromatic carbocycles. The summed E-state index contributed by atoms with van der Waals surface area (Å²) < 4.78 is 10.5. The molecule has 7 heteroatoms. The maximum Gasteiger partial charge on any atom is 0.0594 e. The second kappa shape index (κ2) is 30.8. The number of likely N-dealkylation sites (N-methyl/N-ethyl adjacent to an activating group) is 1. The monoisotopic (exact) mass is 766 g/mol. The molecule has 1 saturated carbocycles. The number of piperazine rings is 1. The number of nitrogens with zero attached hydrogens (tertiary/aromatic N) is 5. The highest BCUT2D eigenvalue weighted by Gasteiger charge is 2.20. The molecule has 5 aliphatic heterocycles. The van der Waals surface area contributed by atoms with Crippen LogP contribution in [0.4, 0.5) is 0 Å². The molecule has 5 heterocycles. The Bertz CT molecular complexity index is 744. The molecule has 0 radical (unpaired) electrons. The quantitative estimate of drug-likeness (QED) is 0.267. The van der Waals surface area contributed by atoms with Gasteiger partial charge in [0.1, 0.15) is 0 Å². The van der Waals surface area contributed by atoms with Gasteiger partial charge in [0.15, 0.2) is 0 Å². The fourth-order valence-corrected chi connectivity index (χ4v) is 8.39. The molecule has 0 atom stereocenters. The van der Waals surface area contributed by atoms with Crippen LogP contribution in [-0.2, 0) is 9.47 Å². The summed E-state index contributed by atoms with van der Waals surface area (Å²) in [6.07, 6.45) is 14.2. The highest BCUT2D eigenvalue weighted by atomic mass is 16.5. The summed E-state index contributed by atoms with van der Waals surface area (Å²) in [7, 11) is 4.41. The van der Waals surface area contributed by atoms with Gasteiger partial charge < -0.3 is 24.2 Å². The molecule has 6 rings (SSSR count). The number of hydrogen-bond acceptors (Lipinski definition) is 7. The molecular formula is C47H99N5O2. The minimum atomic E-state index is 0.689. The molecule has 6 fully saturated rings. The summed E-state index contributed by atoms with van der Waals surface area (Å²) in [5.74, 6) is 5.69. The van der Waals surface area contributed by atoms with Crippen LogP contribution in [0.1, 0.15) is 147 Å². The van der Waals surface area contributed by atoms with E-state index in [-0.39, 0.29) is 0 Å². The third-order valence-corrected chi connectivity index (χ3v) is 13.2. The minimum Gasteiger partial charge on any atom is -0.381 e. The number of piperidine rings is 1. The van der Waals surface area contributed by atoms with Crippen molar-refractivity contribution in [3.8, 4) is 0 Å². The predicted molar refractivity (Wildman–Crippen MR) is 238 cm³/mol. The minimum absolute atomic E-state index is 0.689. The van der Waals surface area contributed by atoms with E-state index in [9.17, 15) is 0 Å². The summed E-state index contributed by atoms with van der Waals surface area (Å²) in [5, 5.41) is 0. The first-order valence-electron chi connectivity index (χ1n) is 23.4. The Morgan fingerprint density at radius 3 is 1.00 bits per heavy atom. The average Bonchev–Trinajstić information content (AvgIpc) is 3.91. The van der Waals surface area contributed by atoms with Gasteiger partial charge in [0.05, 0.1) is 13.2 Å². The molecule has 0 amide bonds. The molecule has 0 N–H and O–H groups in total. The summed E-state index contributed by atoms with van der Waals surface area (Å²) in [6, 6.07) is 2.19. The Hall–Kier alpha value is -0.280. The van der Waals surface area contributed by atoms with Gasteiger partial charge in [-0.05, 0) is 156 Å². The first-order valence-corrected chi connectivity index (χ1v) is 23.4. The van der Waals surface area contributed by atoms with Gasteiger partial charge in [-0.3, -0.25) is 9.80 Å². The van der Waals surface area contributed by atoms with Crippen molar-refractivity contribution >= 4 is 0 Å². The molecular weight excluding hydrogens is 667 g/mol. The zero-order chi connectivity index (χ0) is 40.5. The lowest BCUT2D eigenvalue weighted by Gasteiger charge is -2.34. The molecule has 0 aromatic rings. The largest absolute Gasteiger partial charge is 0.381 e. The average molecular weight is 766 g/mol. The Kier molecular flexibility index (Phi) is 29.5. The topological polar surface area (TPSA) is 34.7 Å². The van der Waals surface area contributed by atoms with Crippen molar-refractivity contribution in [3.63, 3.8) is 0 Å². The van der Waals surface area contributed by atoms with Crippen molar-refractivity contribution in [3.05, 3.63) is 0 Å². The van der Waals surface area contributed by atoms with Crippen molar-refractivity contribution in [2.24, 2.45) is 35.5 Å². The van der Waals surface area contributed by atoms with Gasteiger partial charge in [0.2, 0.25) is 0 Å². The highest BCUT2D eigenvalue weighted by Crippen LogP contribution is 2.30. The molecule has 54 heavy (non-hydrogen) atoms. The number of rotatable bonds is 6. The van der Waals surface area contributed by atoms with E-state index < -0.39 is 0 Å². The lowest BCUT2D eigenvalue weighted by atomic mass is 9.87. The van der Waals surface area contributed by atoms with Crippen molar-refractivity contribution in [1.82, 2.24) is 24.5 Å². The van der Waals surface area contributed by atoms with E-state index in [1.165, 1.54) is 117 Å². The van der Waals surface area contributed by atoms with Gasteiger partial charge in [-0.2, -0.15) is 0 Å². The van der Waals surface area contributed by atoms with E-state index in [0.29, 0.717) is 6.04 Å². The van der Waals surface area contributed by atoms with Crippen LogP contribution < -0.4 is 0 Å². The van der Waals surface area contributed by atoms with Crippen LogP contribution in [-0.4, -0.2) is 149 Å². The lowest BCUT2D eigenvalue weighted by molar-refractivity contribution is 0.0238. The second-order valence-electron chi connectivity index (χ2n) is 19.4. The van der Waals surface area contributed by atoms with Crippen LogP contribution >= 0.6 is 0 Å². The molecule has 6 aliphatic rings. The maximum absolute atomic E-state index is 5.25. The predicted octanol–water partition coefficient (Wildman–Crippen LogP) is 9.75. The lowest BCUT2D eigenvalue weighted by Crippen LogP contribution is -2.47. The number of ether oxygens (including phenoxy) is 2. The molecule has 0 unspecified atom stereocenters. The highest BCUT2D eigenvalue weighted by molar-refractivity contribution is 4.73. The third-order valence-electron chi connectivity index (χ3n) is 13.2. The first-order chi connectivity index (χ1) is 25.6. The van der Waals surface area contributed by atoms with Gasteiger partial charge in [-0.15, -0.1) is 0 Å². The van der Waals surface area contributed by atoms with E-state index in [2.05, 4.69) is 122 Å². The Morgan fingerprint density at radius 2 is 0.667 bits per heavy atom. The molecule has 7 nitrogen and oxygen atoms in total. The summed E-state index contributed by atoms with van der Waals surface area (Å²) >= 11 is 0. The number of morpholine rings is 1. The standard InChI is InChI=1S/C9H19N.C8H18N2.C8H16O.C8H16.C7H15NO.C7H15N/c1-8(2)9-4-6-10(3)7-5-9;1-8(2)10-6-4-9(3)5-7-10;1-7(2)8-3-5-9-6-4-8;1-7(2)8-5-3-4-6-8;1-7(2)8-3-5-9-6-4-8;1-7(2)8-5-3-4-6-8/h8-9H,4-7H2,1-3H3;8H,4-7H2,1-3H3;7-8H,3-6H2,1-2H3;7-8H,3-6H2,1-2H3;7H,3-6H2,1-2H3;7H,3-6H2,1-2H3. The van der Waals surface area contributed by atoms with Crippen LogP contribution in [0.5, 0.6) is 0 Å². The van der Waals surface area contributed by atoms with Crippen LogP contribution in [0.25, 0.3) is 0 Å². The van der Waals surface area contributed by atoms with Gasteiger partial charge in [-0.1, -0.05) is 67.2 Å². The van der Waals surface area contributed by atoms with Gasteiger partial charge in [0, 0.05) is 70.6 Å². The van der Waals surface area contributed by atoms with E-state index >= 15 is 0 Å². The van der Waals surface area contributed by atoms with Crippen molar-refractivity contribution in [2.75, 3.05) is 106 Å². The summed E-state index contributed by atoms with van der Waals surface area (Å²) in [6.45, 7) is 43.8. The van der Waals surface area contributed by atoms with Crippen LogP contribution in [0, 0.1) is 35.5 Å². The van der Waals surface area contributed by atoms with Gasteiger partial charge in [-0.25, -0.2) is 0 Å². The van der Waals surface area contributed by atoms with E-state index in [1.54, 1.807) is 0 Å². The molecule has 0 spiro atoms. The Balaban J connectivity index is 0.000000325. The number of hydrogen-bond donors (Lipinski definition) is 0. The zero-order valence-electron chi connectivity index (χ0n) is 39.2. The molecule has 0 aromatic heterocycles. The zero-order valence-corrected chi connectivity index (χ0v) is 39.2. The molecule has 324 valence electrons. The van der Waals surface area contributed by atoms with Gasteiger partial charge in [0.25, 0.3) is 0 Å². The van der Waals surface area contributed by atoms with Crippen molar-refractivity contribution in [1.29, 1.82) is 0 Å². The molecule has 1 aliphatic carbocycles. The smallest absolute Gasteiger partial charge is 0.0594 e. The van der Waals surface area contributed by atoms with E-state index in [4.69, 9.17) is 9.47 Å². The van der Waals surface area contributed by atoms with Crippen LogP contribution in [0.2, 0.25) is 0 Å². The van der Waals surface area contributed by atoms with E-state index in [1.807, 2.05) is 0 Å². The SMILES string of the molecule is CC(C)C1CCCC1.CC(C)C1CCN(C)CC1.CC(C)C1CCOCC1.CC(C)N1CCCC1.CC(C)N1CCN(C)CC1.CC(C)N1CCOCC1. The fraction of sp³-hybridized carbons (Fsp3) is 1.00. The fourth-order valence-electron chi connectivity index (χ4n) is 8.39. The normalized spacial score (nSPS) is 23.3. The van der Waals surface area contributed by atoms with Crippen molar-refractivity contribution in [2.45, 2.75) is 165 Å². The van der Waals surface area contributed by atoms with Crippen LogP contribution in [0.3, 0.4) is 0 Å².